The Kier molecular flexibility index (Phi) is 3.98. The largest absolute Gasteiger partial charge is 0.493 e. The molecule has 0 saturated carbocycles. The molecule has 2 atom stereocenters. The maximum absolute atomic E-state index is 6.39. The number of ether oxygens (including phenoxy) is 1. The zero-order valence-electron chi connectivity index (χ0n) is 11.6. The molecule has 0 spiro atoms. The van der Waals surface area contributed by atoms with E-state index in [2.05, 4.69) is 28.6 Å². The Morgan fingerprint density at radius 3 is 3.15 bits per heavy atom. The Balaban J connectivity index is 1.79. The normalized spacial score (nSPS) is 19.2. The SMILES string of the molecule is CCc1nnsc1C(N)CC1CCOc2ccccc21. The molecule has 0 radical (unpaired) electrons. The predicted octanol–water partition coefficient (Wildman–Crippen LogP) is 3.06. The van der Waals surface area contributed by atoms with Gasteiger partial charge in [-0.1, -0.05) is 29.6 Å². The fourth-order valence-corrected chi connectivity index (χ4v) is 3.57. The Morgan fingerprint density at radius 2 is 2.30 bits per heavy atom. The molecule has 1 aliphatic heterocycles. The topological polar surface area (TPSA) is 61.0 Å². The van der Waals surface area contributed by atoms with Gasteiger partial charge in [0.05, 0.1) is 17.2 Å². The van der Waals surface area contributed by atoms with E-state index in [1.807, 2.05) is 12.1 Å². The number of para-hydroxylation sites is 1. The molecule has 1 aromatic heterocycles. The zero-order chi connectivity index (χ0) is 13.9. The molecule has 20 heavy (non-hydrogen) atoms. The van der Waals surface area contributed by atoms with Crippen molar-refractivity contribution >= 4 is 11.5 Å². The van der Waals surface area contributed by atoms with Gasteiger partial charge in [-0.15, -0.1) is 5.10 Å². The number of aryl methyl sites for hydroxylation is 1. The number of nitrogens with zero attached hydrogens (tertiary/aromatic N) is 2. The minimum atomic E-state index is 0.0149. The van der Waals surface area contributed by atoms with Crippen LogP contribution in [0.25, 0.3) is 0 Å². The first-order valence-corrected chi connectivity index (χ1v) is 7.85. The maximum atomic E-state index is 6.39. The maximum Gasteiger partial charge on any atom is 0.122 e. The summed E-state index contributed by atoms with van der Waals surface area (Å²) >= 11 is 1.43. The molecule has 5 heteroatoms. The molecule has 2 aromatic rings. The van der Waals surface area contributed by atoms with Crippen LogP contribution in [0.4, 0.5) is 0 Å². The molecule has 2 heterocycles. The summed E-state index contributed by atoms with van der Waals surface area (Å²) in [6, 6.07) is 8.29. The quantitative estimate of drug-likeness (QED) is 0.939. The second-order valence-electron chi connectivity index (χ2n) is 5.15. The van der Waals surface area contributed by atoms with Gasteiger partial charge in [0.15, 0.2) is 0 Å². The zero-order valence-corrected chi connectivity index (χ0v) is 12.4. The van der Waals surface area contributed by atoms with E-state index in [-0.39, 0.29) is 6.04 Å². The van der Waals surface area contributed by atoms with Gasteiger partial charge < -0.3 is 10.5 Å². The van der Waals surface area contributed by atoms with Crippen molar-refractivity contribution in [3.05, 3.63) is 40.4 Å². The van der Waals surface area contributed by atoms with Crippen LogP contribution >= 0.6 is 11.5 Å². The lowest BCUT2D eigenvalue weighted by Crippen LogP contribution is -2.20. The monoisotopic (exact) mass is 289 g/mol. The van der Waals surface area contributed by atoms with Crippen molar-refractivity contribution in [2.75, 3.05) is 6.61 Å². The number of hydrogen-bond donors (Lipinski definition) is 1. The number of aromatic nitrogens is 2. The third kappa shape index (κ3) is 2.55. The molecule has 1 aromatic carbocycles. The molecule has 4 nitrogen and oxygen atoms in total. The minimum absolute atomic E-state index is 0.0149. The van der Waals surface area contributed by atoms with Crippen molar-refractivity contribution in [1.29, 1.82) is 0 Å². The fraction of sp³-hybridized carbons (Fsp3) is 0.467. The van der Waals surface area contributed by atoms with E-state index in [1.54, 1.807) is 0 Å². The number of rotatable bonds is 4. The van der Waals surface area contributed by atoms with Crippen LogP contribution in [0.5, 0.6) is 5.75 Å². The summed E-state index contributed by atoms with van der Waals surface area (Å²) < 4.78 is 9.75. The summed E-state index contributed by atoms with van der Waals surface area (Å²) in [5.74, 6) is 1.47. The van der Waals surface area contributed by atoms with Gasteiger partial charge in [-0.25, -0.2) is 0 Å². The molecular weight excluding hydrogens is 270 g/mol. The highest BCUT2D eigenvalue weighted by atomic mass is 32.1. The number of fused-ring (bicyclic) bond motifs is 1. The van der Waals surface area contributed by atoms with E-state index >= 15 is 0 Å². The van der Waals surface area contributed by atoms with E-state index in [0.717, 1.165) is 42.2 Å². The van der Waals surface area contributed by atoms with Crippen molar-refractivity contribution in [3.63, 3.8) is 0 Å². The molecule has 0 bridgehead atoms. The average molecular weight is 289 g/mol. The molecule has 3 rings (SSSR count). The van der Waals surface area contributed by atoms with Crippen LogP contribution in [0.3, 0.4) is 0 Å². The van der Waals surface area contributed by atoms with Gasteiger partial charge in [-0.05, 0) is 48.3 Å². The van der Waals surface area contributed by atoms with Gasteiger partial charge in [0, 0.05) is 6.04 Å². The number of nitrogens with two attached hydrogens (primary N) is 1. The van der Waals surface area contributed by atoms with Crippen LogP contribution < -0.4 is 10.5 Å². The molecule has 0 aliphatic carbocycles. The third-order valence-electron chi connectivity index (χ3n) is 3.88. The first-order chi connectivity index (χ1) is 9.79. The lowest BCUT2D eigenvalue weighted by molar-refractivity contribution is 0.259. The van der Waals surface area contributed by atoms with Crippen molar-refractivity contribution in [1.82, 2.24) is 9.59 Å². The highest BCUT2D eigenvalue weighted by Crippen LogP contribution is 2.38. The van der Waals surface area contributed by atoms with Gasteiger partial charge in [0.25, 0.3) is 0 Å². The number of benzene rings is 1. The van der Waals surface area contributed by atoms with Gasteiger partial charge in [0.2, 0.25) is 0 Å². The molecule has 0 amide bonds. The van der Waals surface area contributed by atoms with Crippen LogP contribution in [0.2, 0.25) is 0 Å². The Hall–Kier alpha value is -1.46. The van der Waals surface area contributed by atoms with Crippen molar-refractivity contribution in [3.8, 4) is 5.75 Å². The van der Waals surface area contributed by atoms with Gasteiger partial charge in [-0.2, -0.15) is 0 Å². The van der Waals surface area contributed by atoms with Crippen molar-refractivity contribution < 1.29 is 4.74 Å². The standard InChI is InChI=1S/C15H19N3OS/c1-2-13-15(20-18-17-13)12(16)9-10-7-8-19-14-6-4-3-5-11(10)14/h3-6,10,12H,2,7-9,16H2,1H3. The second-order valence-corrected chi connectivity index (χ2v) is 5.94. The summed E-state index contributed by atoms with van der Waals surface area (Å²) in [7, 11) is 0. The van der Waals surface area contributed by atoms with Crippen LogP contribution in [-0.2, 0) is 6.42 Å². The predicted molar refractivity (Wildman–Crippen MR) is 80.1 cm³/mol. The lowest BCUT2D eigenvalue weighted by atomic mass is 9.87. The Labute approximate surface area is 123 Å². The average Bonchev–Trinajstić information content (AvgIpc) is 2.96. The molecular formula is C15H19N3OS. The smallest absolute Gasteiger partial charge is 0.122 e. The minimum Gasteiger partial charge on any atom is -0.493 e. The molecule has 0 saturated heterocycles. The Morgan fingerprint density at radius 1 is 1.45 bits per heavy atom. The van der Waals surface area contributed by atoms with E-state index in [4.69, 9.17) is 10.5 Å². The third-order valence-corrected chi connectivity index (χ3v) is 4.78. The summed E-state index contributed by atoms with van der Waals surface area (Å²) in [4.78, 5) is 1.14. The highest BCUT2D eigenvalue weighted by molar-refractivity contribution is 7.05. The summed E-state index contributed by atoms with van der Waals surface area (Å²) in [6.45, 7) is 2.87. The van der Waals surface area contributed by atoms with Crippen molar-refractivity contribution in [2.24, 2.45) is 5.73 Å². The van der Waals surface area contributed by atoms with Crippen LogP contribution in [0, 0.1) is 0 Å². The van der Waals surface area contributed by atoms with E-state index in [9.17, 15) is 0 Å². The van der Waals surface area contributed by atoms with E-state index < -0.39 is 0 Å². The molecule has 2 N–H and O–H groups in total. The van der Waals surface area contributed by atoms with Gasteiger partial charge in [-0.3, -0.25) is 0 Å². The van der Waals surface area contributed by atoms with Crippen LogP contribution in [0.1, 0.15) is 47.9 Å². The molecule has 0 fully saturated rings. The van der Waals surface area contributed by atoms with E-state index in [1.165, 1.54) is 17.1 Å². The lowest BCUT2D eigenvalue weighted by Gasteiger charge is -2.27. The van der Waals surface area contributed by atoms with E-state index in [0.29, 0.717) is 5.92 Å². The summed E-state index contributed by atoms with van der Waals surface area (Å²) in [6.07, 6.45) is 2.85. The highest BCUT2D eigenvalue weighted by Gasteiger charge is 2.25. The summed E-state index contributed by atoms with van der Waals surface area (Å²) in [5.41, 5.74) is 8.72. The van der Waals surface area contributed by atoms with Crippen LogP contribution in [0.15, 0.2) is 24.3 Å². The van der Waals surface area contributed by atoms with Gasteiger partial charge in [0.1, 0.15) is 5.75 Å². The first-order valence-electron chi connectivity index (χ1n) is 7.08. The number of hydrogen-bond acceptors (Lipinski definition) is 5. The fourth-order valence-electron chi connectivity index (χ4n) is 2.82. The van der Waals surface area contributed by atoms with Crippen LogP contribution in [-0.4, -0.2) is 16.2 Å². The molecule has 1 aliphatic rings. The molecule has 106 valence electrons. The second kappa shape index (κ2) is 5.89. The van der Waals surface area contributed by atoms with Gasteiger partial charge >= 0.3 is 0 Å². The van der Waals surface area contributed by atoms with Crippen molar-refractivity contribution in [2.45, 2.75) is 38.1 Å². The summed E-state index contributed by atoms with van der Waals surface area (Å²) in [5, 5.41) is 4.16. The Bertz CT molecular complexity index is 584. The molecule has 2 unspecified atom stereocenters. The first kappa shape index (κ1) is 13.5.